The monoisotopic (exact) mass is 294 g/mol. The number of nitrogens with zero attached hydrogens (tertiary/aromatic N) is 1. The molecule has 0 saturated carbocycles. The Balaban J connectivity index is 1.77. The van der Waals surface area contributed by atoms with Crippen LogP contribution in [0.5, 0.6) is 0 Å². The van der Waals surface area contributed by atoms with E-state index in [0.717, 1.165) is 32.7 Å². The van der Waals surface area contributed by atoms with Gasteiger partial charge in [0.2, 0.25) is 5.91 Å². The lowest BCUT2D eigenvalue weighted by atomic mass is 10.1. The van der Waals surface area contributed by atoms with Crippen molar-refractivity contribution >= 4 is 24.2 Å². The van der Waals surface area contributed by atoms with Crippen LogP contribution >= 0.6 is 12.6 Å². The lowest BCUT2D eigenvalue weighted by Crippen LogP contribution is -2.36. The quantitative estimate of drug-likeness (QED) is 0.781. The van der Waals surface area contributed by atoms with E-state index in [4.69, 9.17) is 4.74 Å². The van der Waals surface area contributed by atoms with E-state index < -0.39 is 0 Å². The number of nitrogens with one attached hydrogen (secondary N) is 1. The van der Waals surface area contributed by atoms with Gasteiger partial charge >= 0.3 is 0 Å². The van der Waals surface area contributed by atoms with Crippen molar-refractivity contribution in [3.8, 4) is 0 Å². The predicted octanol–water partition coefficient (Wildman–Crippen LogP) is 1.50. The van der Waals surface area contributed by atoms with Gasteiger partial charge in [0.05, 0.1) is 13.2 Å². The number of benzene rings is 1. The highest BCUT2D eigenvalue weighted by Crippen LogP contribution is 2.16. The summed E-state index contributed by atoms with van der Waals surface area (Å²) in [5.74, 6) is 0.671. The smallest absolute Gasteiger partial charge is 0.220 e. The molecule has 20 heavy (non-hydrogen) atoms. The Bertz CT molecular complexity index is 416. The molecule has 1 heterocycles. The highest BCUT2D eigenvalue weighted by molar-refractivity contribution is 7.80. The molecule has 1 aromatic carbocycles. The second kappa shape index (κ2) is 8.17. The zero-order valence-electron chi connectivity index (χ0n) is 11.7. The van der Waals surface area contributed by atoms with E-state index in [1.807, 2.05) is 0 Å². The fraction of sp³-hybridized carbons (Fsp3) is 0.533. The van der Waals surface area contributed by atoms with Gasteiger partial charge < -0.3 is 15.0 Å². The second-order valence-electron chi connectivity index (χ2n) is 4.84. The van der Waals surface area contributed by atoms with Crippen molar-refractivity contribution in [2.45, 2.75) is 12.8 Å². The molecule has 1 amide bonds. The van der Waals surface area contributed by atoms with Crippen LogP contribution in [0.25, 0.3) is 0 Å². The molecule has 0 aromatic heterocycles. The van der Waals surface area contributed by atoms with E-state index in [9.17, 15) is 4.79 Å². The van der Waals surface area contributed by atoms with Crippen molar-refractivity contribution in [1.82, 2.24) is 5.32 Å². The number of carbonyl (C=O) groups excluding carboxylic acids is 1. The average molecular weight is 294 g/mol. The summed E-state index contributed by atoms with van der Waals surface area (Å²) in [6, 6.07) is 8.57. The van der Waals surface area contributed by atoms with Crippen LogP contribution < -0.4 is 10.2 Å². The van der Waals surface area contributed by atoms with Gasteiger partial charge in [0, 0.05) is 31.7 Å². The number of hydrogen-bond donors (Lipinski definition) is 2. The van der Waals surface area contributed by atoms with Crippen LogP contribution in [-0.2, 0) is 16.0 Å². The van der Waals surface area contributed by atoms with Gasteiger partial charge in [-0.2, -0.15) is 12.6 Å². The van der Waals surface area contributed by atoms with Gasteiger partial charge in [0.25, 0.3) is 0 Å². The first kappa shape index (κ1) is 15.2. The van der Waals surface area contributed by atoms with Crippen LogP contribution in [0.4, 0.5) is 5.69 Å². The van der Waals surface area contributed by atoms with Crippen LogP contribution in [0.1, 0.15) is 12.0 Å². The van der Waals surface area contributed by atoms with Crippen molar-refractivity contribution in [1.29, 1.82) is 0 Å². The largest absolute Gasteiger partial charge is 0.378 e. The Labute approximate surface area is 125 Å². The highest BCUT2D eigenvalue weighted by Gasteiger charge is 2.10. The minimum atomic E-state index is 0.0740. The molecule has 1 aromatic rings. The minimum absolute atomic E-state index is 0.0740. The first-order valence-corrected chi connectivity index (χ1v) is 7.72. The lowest BCUT2D eigenvalue weighted by Gasteiger charge is -2.28. The van der Waals surface area contributed by atoms with E-state index in [1.165, 1.54) is 11.3 Å². The van der Waals surface area contributed by atoms with Crippen molar-refractivity contribution in [3.63, 3.8) is 0 Å². The van der Waals surface area contributed by atoms with Crippen LogP contribution in [-0.4, -0.2) is 44.5 Å². The Kier molecular flexibility index (Phi) is 6.21. The number of morpholine rings is 1. The summed E-state index contributed by atoms with van der Waals surface area (Å²) >= 11 is 4.04. The van der Waals surface area contributed by atoms with Gasteiger partial charge in [-0.05, 0) is 29.9 Å². The van der Waals surface area contributed by atoms with Crippen LogP contribution in [0, 0.1) is 0 Å². The predicted molar refractivity (Wildman–Crippen MR) is 84.7 cm³/mol. The summed E-state index contributed by atoms with van der Waals surface area (Å²) in [6.45, 7) is 4.21. The molecular weight excluding hydrogens is 272 g/mol. The van der Waals surface area contributed by atoms with Gasteiger partial charge in [-0.15, -0.1) is 0 Å². The summed E-state index contributed by atoms with van der Waals surface area (Å²) in [7, 11) is 0. The molecule has 1 aliphatic heterocycles. The molecule has 0 atom stereocenters. The Hall–Kier alpha value is -1.20. The number of thiol groups is 1. The van der Waals surface area contributed by atoms with Gasteiger partial charge in [0.15, 0.2) is 0 Å². The van der Waals surface area contributed by atoms with Gasteiger partial charge in [-0.1, -0.05) is 12.1 Å². The third kappa shape index (κ3) is 4.72. The van der Waals surface area contributed by atoms with E-state index in [2.05, 4.69) is 47.1 Å². The minimum Gasteiger partial charge on any atom is -0.378 e. The molecule has 0 aliphatic carbocycles. The summed E-state index contributed by atoms with van der Waals surface area (Å²) in [6.07, 6.45) is 1.35. The molecule has 110 valence electrons. The van der Waals surface area contributed by atoms with Crippen LogP contribution in [0.15, 0.2) is 24.3 Å². The van der Waals surface area contributed by atoms with Crippen molar-refractivity contribution in [2.24, 2.45) is 0 Å². The number of anilines is 1. The van der Waals surface area contributed by atoms with Crippen LogP contribution in [0.3, 0.4) is 0 Å². The maximum Gasteiger partial charge on any atom is 0.220 e. The normalized spacial score (nSPS) is 15.2. The first-order chi connectivity index (χ1) is 9.79. The Morgan fingerprint density at radius 1 is 1.25 bits per heavy atom. The summed E-state index contributed by atoms with van der Waals surface area (Å²) in [5, 5.41) is 2.90. The van der Waals surface area contributed by atoms with Crippen molar-refractivity contribution < 1.29 is 9.53 Å². The summed E-state index contributed by atoms with van der Waals surface area (Å²) in [5.41, 5.74) is 2.49. The Morgan fingerprint density at radius 2 is 1.95 bits per heavy atom. The van der Waals surface area contributed by atoms with Crippen molar-refractivity contribution in [2.75, 3.05) is 43.5 Å². The average Bonchev–Trinajstić information content (AvgIpc) is 2.49. The third-order valence-corrected chi connectivity index (χ3v) is 3.61. The van der Waals surface area contributed by atoms with Gasteiger partial charge in [-0.3, -0.25) is 4.79 Å². The summed E-state index contributed by atoms with van der Waals surface area (Å²) in [4.78, 5) is 13.7. The zero-order chi connectivity index (χ0) is 14.2. The van der Waals surface area contributed by atoms with Crippen LogP contribution in [0.2, 0.25) is 0 Å². The fourth-order valence-electron chi connectivity index (χ4n) is 2.23. The van der Waals surface area contributed by atoms with Gasteiger partial charge in [-0.25, -0.2) is 0 Å². The maximum absolute atomic E-state index is 11.3. The molecule has 1 saturated heterocycles. The molecule has 2 rings (SSSR count). The number of amides is 1. The molecule has 1 N–H and O–H groups in total. The maximum atomic E-state index is 11.3. The molecule has 0 radical (unpaired) electrons. The second-order valence-corrected chi connectivity index (χ2v) is 5.29. The molecule has 1 fully saturated rings. The molecule has 4 nitrogen and oxygen atoms in total. The molecule has 0 spiro atoms. The lowest BCUT2D eigenvalue weighted by molar-refractivity contribution is -0.120. The number of hydrogen-bond acceptors (Lipinski definition) is 4. The van der Waals surface area contributed by atoms with E-state index >= 15 is 0 Å². The van der Waals surface area contributed by atoms with E-state index in [1.54, 1.807) is 0 Å². The molecular formula is C15H22N2O2S. The first-order valence-electron chi connectivity index (χ1n) is 7.09. The topological polar surface area (TPSA) is 41.6 Å². The third-order valence-electron chi connectivity index (χ3n) is 3.39. The zero-order valence-corrected chi connectivity index (χ0v) is 12.6. The number of rotatable bonds is 6. The highest BCUT2D eigenvalue weighted by atomic mass is 32.1. The van der Waals surface area contributed by atoms with E-state index in [-0.39, 0.29) is 5.91 Å². The number of carbonyl (C=O) groups is 1. The van der Waals surface area contributed by atoms with E-state index in [0.29, 0.717) is 18.7 Å². The molecule has 0 unspecified atom stereocenters. The summed E-state index contributed by atoms with van der Waals surface area (Å²) < 4.78 is 5.35. The number of ether oxygens (including phenoxy) is 1. The SMILES string of the molecule is O=C(CCS)NCCc1ccc(N2CCOCC2)cc1. The van der Waals surface area contributed by atoms with Crippen molar-refractivity contribution in [3.05, 3.63) is 29.8 Å². The fourth-order valence-corrected chi connectivity index (χ4v) is 2.43. The van der Waals surface area contributed by atoms with Gasteiger partial charge in [0.1, 0.15) is 0 Å². The molecule has 0 bridgehead atoms. The Morgan fingerprint density at radius 3 is 2.60 bits per heavy atom. The molecule has 5 heteroatoms. The standard InChI is InChI=1S/C15H22N2O2S/c18-15(6-12-20)16-7-5-13-1-3-14(4-2-13)17-8-10-19-11-9-17/h1-4,20H,5-12H2,(H,16,18). The molecule has 1 aliphatic rings.